The van der Waals surface area contributed by atoms with Gasteiger partial charge >= 0.3 is 6.09 Å². The van der Waals surface area contributed by atoms with Gasteiger partial charge < -0.3 is 10.1 Å². The molecule has 2 aromatic rings. The van der Waals surface area contributed by atoms with Crippen molar-refractivity contribution in [3.8, 4) is 11.1 Å². The minimum atomic E-state index is -0.380. The zero-order chi connectivity index (χ0) is 22.5. The lowest BCUT2D eigenvalue weighted by molar-refractivity contribution is -0.0349. The predicted octanol–water partition coefficient (Wildman–Crippen LogP) is 5.50. The molecule has 170 valence electrons. The van der Waals surface area contributed by atoms with Gasteiger partial charge in [0.2, 0.25) is 0 Å². The molecule has 3 aliphatic heterocycles. The molecule has 3 saturated heterocycles. The number of aryl methyl sites for hydroxylation is 1. The number of fused-ring (bicyclic) bond motifs is 4. The molecule has 3 fully saturated rings. The molecule has 6 rings (SSSR count). The highest BCUT2D eigenvalue weighted by Crippen LogP contribution is 2.47. The number of nitrogens with zero attached hydrogens (tertiary/aromatic N) is 1. The molecule has 1 amide bonds. The summed E-state index contributed by atoms with van der Waals surface area (Å²) >= 11 is 0. The SMILES string of the molecule is CCc1cccc(-c2cc3c(cc2F)[C@H](NC(=O)O[C@H]2CN4CCC2CC4)C(C)(C)C3)c1. The molecule has 0 unspecified atom stereocenters. The summed E-state index contributed by atoms with van der Waals surface area (Å²) in [7, 11) is 0. The average Bonchev–Trinajstić information content (AvgIpc) is 3.03. The van der Waals surface area contributed by atoms with E-state index in [-0.39, 0.29) is 29.5 Å². The second kappa shape index (κ2) is 8.18. The van der Waals surface area contributed by atoms with E-state index in [2.05, 4.69) is 43.1 Å². The molecule has 3 heterocycles. The molecule has 1 N–H and O–H groups in total. The van der Waals surface area contributed by atoms with Crippen molar-refractivity contribution in [3.63, 3.8) is 0 Å². The number of ether oxygens (including phenoxy) is 1. The maximum absolute atomic E-state index is 15.3. The number of carbonyl (C=O) groups excluding carboxylic acids is 1. The molecule has 0 radical (unpaired) electrons. The van der Waals surface area contributed by atoms with Crippen molar-refractivity contribution in [2.24, 2.45) is 11.3 Å². The quantitative estimate of drug-likeness (QED) is 0.688. The highest BCUT2D eigenvalue weighted by atomic mass is 19.1. The van der Waals surface area contributed by atoms with Crippen LogP contribution in [-0.2, 0) is 17.6 Å². The Morgan fingerprint density at radius 1 is 1.22 bits per heavy atom. The van der Waals surface area contributed by atoms with Crippen molar-refractivity contribution in [3.05, 3.63) is 58.9 Å². The second-order valence-corrected chi connectivity index (χ2v) is 10.4. The zero-order valence-electron chi connectivity index (χ0n) is 19.3. The van der Waals surface area contributed by atoms with Crippen molar-refractivity contribution in [2.45, 2.75) is 58.6 Å². The highest BCUT2D eigenvalue weighted by Gasteiger charge is 2.42. The third-order valence-corrected chi connectivity index (χ3v) is 7.73. The molecule has 0 aromatic heterocycles. The van der Waals surface area contributed by atoms with E-state index in [0.717, 1.165) is 62.0 Å². The molecular weight excluding hydrogens is 403 g/mol. The molecular formula is C27H33FN2O2. The van der Waals surface area contributed by atoms with Gasteiger partial charge in [-0.15, -0.1) is 0 Å². The van der Waals surface area contributed by atoms with E-state index >= 15 is 4.39 Å². The minimum Gasteiger partial charge on any atom is -0.445 e. The fraction of sp³-hybridized carbons (Fsp3) is 0.519. The van der Waals surface area contributed by atoms with Crippen molar-refractivity contribution < 1.29 is 13.9 Å². The van der Waals surface area contributed by atoms with E-state index in [1.54, 1.807) is 6.07 Å². The first-order valence-corrected chi connectivity index (χ1v) is 11.9. The summed E-state index contributed by atoms with van der Waals surface area (Å²) in [6.07, 6.45) is 3.49. The maximum Gasteiger partial charge on any atom is 0.407 e. The summed E-state index contributed by atoms with van der Waals surface area (Å²) in [5, 5.41) is 3.09. The first-order chi connectivity index (χ1) is 15.3. The van der Waals surface area contributed by atoms with Crippen LogP contribution in [0.2, 0.25) is 0 Å². The monoisotopic (exact) mass is 436 g/mol. The first kappa shape index (κ1) is 21.4. The molecule has 32 heavy (non-hydrogen) atoms. The molecule has 0 spiro atoms. The van der Waals surface area contributed by atoms with Gasteiger partial charge in [0.1, 0.15) is 11.9 Å². The minimum absolute atomic E-state index is 0.0357. The van der Waals surface area contributed by atoms with Crippen LogP contribution in [0.25, 0.3) is 11.1 Å². The smallest absolute Gasteiger partial charge is 0.407 e. The van der Waals surface area contributed by atoms with Gasteiger partial charge in [0.15, 0.2) is 0 Å². The number of carbonyl (C=O) groups is 1. The highest BCUT2D eigenvalue weighted by molar-refractivity contribution is 5.70. The van der Waals surface area contributed by atoms with Gasteiger partial charge in [0, 0.05) is 12.1 Å². The van der Waals surface area contributed by atoms with Crippen LogP contribution in [-0.4, -0.2) is 36.7 Å². The molecule has 4 aliphatic rings. The van der Waals surface area contributed by atoms with Crippen LogP contribution in [0.4, 0.5) is 9.18 Å². The molecule has 2 atom stereocenters. The number of piperidine rings is 3. The summed E-state index contributed by atoms with van der Waals surface area (Å²) < 4.78 is 21.1. The summed E-state index contributed by atoms with van der Waals surface area (Å²) in [6.45, 7) is 9.41. The number of benzene rings is 2. The number of nitrogens with one attached hydrogen (secondary N) is 1. The van der Waals surface area contributed by atoms with E-state index in [1.165, 1.54) is 5.56 Å². The predicted molar refractivity (Wildman–Crippen MR) is 124 cm³/mol. The van der Waals surface area contributed by atoms with Gasteiger partial charge in [0.05, 0.1) is 6.04 Å². The van der Waals surface area contributed by atoms with Crippen molar-refractivity contribution in [1.29, 1.82) is 0 Å². The van der Waals surface area contributed by atoms with Crippen LogP contribution >= 0.6 is 0 Å². The van der Waals surface area contributed by atoms with Crippen LogP contribution < -0.4 is 5.32 Å². The topological polar surface area (TPSA) is 41.6 Å². The second-order valence-electron chi connectivity index (χ2n) is 10.4. The van der Waals surface area contributed by atoms with E-state index in [0.29, 0.717) is 11.5 Å². The Bertz CT molecular complexity index is 1030. The van der Waals surface area contributed by atoms with Crippen LogP contribution in [0.5, 0.6) is 0 Å². The fourth-order valence-electron chi connectivity index (χ4n) is 5.86. The number of rotatable bonds is 4. The van der Waals surface area contributed by atoms with Gasteiger partial charge in [-0.05, 0) is 84.5 Å². The van der Waals surface area contributed by atoms with Crippen LogP contribution in [0.1, 0.15) is 56.3 Å². The summed E-state index contributed by atoms with van der Waals surface area (Å²) in [5.41, 5.74) is 4.48. The fourth-order valence-corrected chi connectivity index (χ4v) is 5.86. The average molecular weight is 437 g/mol. The Labute approximate surface area is 190 Å². The maximum atomic E-state index is 15.3. The van der Waals surface area contributed by atoms with Gasteiger partial charge in [0.25, 0.3) is 0 Å². The third-order valence-electron chi connectivity index (χ3n) is 7.73. The third kappa shape index (κ3) is 3.92. The van der Waals surface area contributed by atoms with E-state index in [1.807, 2.05) is 18.2 Å². The number of hydrogen-bond donors (Lipinski definition) is 1. The van der Waals surface area contributed by atoms with Crippen molar-refractivity contribution in [1.82, 2.24) is 10.2 Å². The normalized spacial score (nSPS) is 27.8. The van der Waals surface area contributed by atoms with Gasteiger partial charge in [-0.2, -0.15) is 0 Å². The van der Waals surface area contributed by atoms with Gasteiger partial charge in [-0.1, -0.05) is 45.0 Å². The molecule has 5 heteroatoms. The zero-order valence-corrected chi connectivity index (χ0v) is 19.3. The number of hydrogen-bond acceptors (Lipinski definition) is 3. The Balaban J connectivity index is 1.37. The molecule has 0 saturated carbocycles. The number of alkyl carbamates (subject to hydrolysis) is 1. The Morgan fingerprint density at radius 2 is 2.00 bits per heavy atom. The lowest BCUT2D eigenvalue weighted by Crippen LogP contribution is -2.53. The molecule has 2 bridgehead atoms. The van der Waals surface area contributed by atoms with Gasteiger partial charge in [-0.25, -0.2) is 9.18 Å². The van der Waals surface area contributed by atoms with Crippen molar-refractivity contribution >= 4 is 6.09 Å². The first-order valence-electron chi connectivity index (χ1n) is 11.9. The Kier molecular flexibility index (Phi) is 5.48. The molecule has 2 aromatic carbocycles. The van der Waals surface area contributed by atoms with E-state index < -0.39 is 0 Å². The van der Waals surface area contributed by atoms with E-state index in [4.69, 9.17) is 4.74 Å². The van der Waals surface area contributed by atoms with Gasteiger partial charge in [-0.3, -0.25) is 4.90 Å². The van der Waals surface area contributed by atoms with Crippen LogP contribution in [0, 0.1) is 17.2 Å². The lowest BCUT2D eigenvalue weighted by Gasteiger charge is -2.44. The Morgan fingerprint density at radius 3 is 2.69 bits per heavy atom. The van der Waals surface area contributed by atoms with E-state index in [9.17, 15) is 4.79 Å². The Hall–Kier alpha value is -2.40. The number of amides is 1. The standard InChI is InChI=1S/C27H33FN2O2/c1-4-17-6-5-7-19(12-17)21-13-20-15-27(2,3)25(22(20)14-23(21)28)29-26(31)32-24-16-30-10-8-18(24)9-11-30/h5-7,12-14,18,24-25H,4,8-11,15-16H2,1-3H3,(H,29,31)/t24-,25-/m0/s1. The number of halogens is 1. The van der Waals surface area contributed by atoms with Crippen LogP contribution in [0.3, 0.4) is 0 Å². The molecule has 4 nitrogen and oxygen atoms in total. The molecule has 1 aliphatic carbocycles. The lowest BCUT2D eigenvalue weighted by atomic mass is 9.85. The van der Waals surface area contributed by atoms with Crippen molar-refractivity contribution in [2.75, 3.05) is 19.6 Å². The summed E-state index contributed by atoms with van der Waals surface area (Å²) in [5.74, 6) is 0.223. The van der Waals surface area contributed by atoms with Crippen LogP contribution in [0.15, 0.2) is 36.4 Å². The summed E-state index contributed by atoms with van der Waals surface area (Å²) in [4.78, 5) is 15.2. The summed E-state index contributed by atoms with van der Waals surface area (Å²) in [6, 6.07) is 11.4. The largest absolute Gasteiger partial charge is 0.445 e.